The molecule has 2 N–H and O–H groups in total. The van der Waals surface area contributed by atoms with Crippen LogP contribution in [-0.4, -0.2) is 0 Å². The second kappa shape index (κ2) is 2.58. The van der Waals surface area contributed by atoms with Gasteiger partial charge in [-0.1, -0.05) is 0 Å². The van der Waals surface area contributed by atoms with Gasteiger partial charge < -0.3 is 5.73 Å². The van der Waals surface area contributed by atoms with Crippen molar-refractivity contribution in [2.24, 2.45) is 0 Å². The molecule has 3 heteroatoms. The molecule has 0 aliphatic carbocycles. The fourth-order valence-electron chi connectivity index (χ4n) is 0.667. The zero-order chi connectivity index (χ0) is 7.72. The van der Waals surface area contributed by atoms with E-state index in [0.717, 1.165) is 5.56 Å². The van der Waals surface area contributed by atoms with Gasteiger partial charge in [-0.25, -0.2) is 4.39 Å². The van der Waals surface area contributed by atoms with E-state index in [1.54, 1.807) is 13.0 Å². The van der Waals surface area contributed by atoms with E-state index in [9.17, 15) is 4.39 Å². The summed E-state index contributed by atoms with van der Waals surface area (Å²) < 4.78 is 13.1. The molecule has 0 saturated carbocycles. The minimum atomic E-state index is -0.272. The van der Waals surface area contributed by atoms with E-state index < -0.39 is 0 Å². The summed E-state index contributed by atoms with van der Waals surface area (Å²) in [5.74, 6) is -0.272. The van der Waals surface area contributed by atoms with E-state index in [-0.39, 0.29) is 5.82 Å². The third-order valence-electron chi connectivity index (χ3n) is 1.38. The Kier molecular flexibility index (Phi) is 1.94. The van der Waals surface area contributed by atoms with Crippen molar-refractivity contribution in [2.75, 3.05) is 5.73 Å². The average molecular weight is 204 g/mol. The molecule has 0 heterocycles. The fourth-order valence-corrected chi connectivity index (χ4v) is 1.03. The van der Waals surface area contributed by atoms with Crippen LogP contribution in [0.2, 0.25) is 0 Å². The summed E-state index contributed by atoms with van der Waals surface area (Å²) in [5.41, 5.74) is 6.85. The first-order valence-electron chi connectivity index (χ1n) is 2.83. The van der Waals surface area contributed by atoms with Gasteiger partial charge in [-0.15, -0.1) is 0 Å². The van der Waals surface area contributed by atoms with Crippen molar-refractivity contribution in [1.82, 2.24) is 0 Å². The van der Waals surface area contributed by atoms with Crippen LogP contribution in [0.25, 0.3) is 0 Å². The van der Waals surface area contributed by atoms with Crippen molar-refractivity contribution in [3.63, 3.8) is 0 Å². The largest absolute Gasteiger partial charge is 0.398 e. The molecule has 0 amide bonds. The van der Waals surface area contributed by atoms with Gasteiger partial charge in [0.25, 0.3) is 0 Å². The Morgan fingerprint density at radius 3 is 2.60 bits per heavy atom. The second-order valence-corrected chi connectivity index (χ2v) is 2.87. The van der Waals surface area contributed by atoms with Crippen LogP contribution in [0, 0.1) is 12.7 Å². The molecule has 0 aromatic heterocycles. The van der Waals surface area contributed by atoms with Crippen molar-refractivity contribution < 1.29 is 4.39 Å². The van der Waals surface area contributed by atoms with Crippen LogP contribution in [0.5, 0.6) is 0 Å². The standard InChI is InChI=1S/C7H7BrFN/c1-4-6(10)3-2-5(9)7(4)8/h2-3H,10H2,1H3. The van der Waals surface area contributed by atoms with E-state index in [1.165, 1.54) is 6.07 Å². The van der Waals surface area contributed by atoms with Crippen molar-refractivity contribution in [3.05, 3.63) is 28.0 Å². The van der Waals surface area contributed by atoms with Crippen molar-refractivity contribution in [3.8, 4) is 0 Å². The number of nitrogen functional groups attached to an aromatic ring is 1. The van der Waals surface area contributed by atoms with Gasteiger partial charge in [0, 0.05) is 5.69 Å². The third-order valence-corrected chi connectivity index (χ3v) is 2.35. The predicted molar refractivity (Wildman–Crippen MR) is 43.2 cm³/mol. The summed E-state index contributed by atoms with van der Waals surface area (Å²) >= 11 is 3.07. The molecular formula is C7H7BrFN. The highest BCUT2D eigenvalue weighted by atomic mass is 79.9. The van der Waals surface area contributed by atoms with Gasteiger partial charge in [0.2, 0.25) is 0 Å². The number of hydrogen-bond acceptors (Lipinski definition) is 1. The highest BCUT2D eigenvalue weighted by molar-refractivity contribution is 9.10. The molecule has 0 aliphatic rings. The summed E-state index contributed by atoms with van der Waals surface area (Å²) in [4.78, 5) is 0. The molecule has 1 nitrogen and oxygen atoms in total. The number of anilines is 1. The van der Waals surface area contributed by atoms with Crippen molar-refractivity contribution >= 4 is 21.6 Å². The maximum atomic E-state index is 12.7. The molecule has 1 rings (SSSR count). The monoisotopic (exact) mass is 203 g/mol. The molecule has 10 heavy (non-hydrogen) atoms. The van der Waals surface area contributed by atoms with Crippen LogP contribution in [0.4, 0.5) is 10.1 Å². The highest BCUT2D eigenvalue weighted by Crippen LogP contribution is 2.24. The Bertz CT molecular complexity index is 233. The van der Waals surface area contributed by atoms with Crippen LogP contribution < -0.4 is 5.73 Å². The first-order valence-corrected chi connectivity index (χ1v) is 3.62. The Labute approximate surface area is 67.2 Å². The average Bonchev–Trinajstić information content (AvgIpc) is 1.93. The zero-order valence-electron chi connectivity index (χ0n) is 5.49. The topological polar surface area (TPSA) is 26.0 Å². The third kappa shape index (κ3) is 1.14. The van der Waals surface area contributed by atoms with Gasteiger partial charge in [0.05, 0.1) is 4.47 Å². The van der Waals surface area contributed by atoms with E-state index >= 15 is 0 Å². The summed E-state index contributed by atoms with van der Waals surface area (Å²) in [6.07, 6.45) is 0. The summed E-state index contributed by atoms with van der Waals surface area (Å²) in [5, 5.41) is 0. The van der Waals surface area contributed by atoms with E-state index in [0.29, 0.717) is 10.2 Å². The first kappa shape index (κ1) is 7.54. The Balaban J connectivity index is 3.34. The maximum Gasteiger partial charge on any atom is 0.137 e. The van der Waals surface area contributed by atoms with Gasteiger partial charge in [0.15, 0.2) is 0 Å². The van der Waals surface area contributed by atoms with E-state index in [2.05, 4.69) is 15.9 Å². The van der Waals surface area contributed by atoms with Crippen LogP contribution >= 0.6 is 15.9 Å². The van der Waals surface area contributed by atoms with Gasteiger partial charge in [-0.2, -0.15) is 0 Å². The number of halogens is 2. The summed E-state index contributed by atoms with van der Waals surface area (Å²) in [7, 11) is 0. The number of benzene rings is 1. The normalized spacial score (nSPS) is 9.90. The minimum Gasteiger partial charge on any atom is -0.398 e. The van der Waals surface area contributed by atoms with Crippen LogP contribution in [0.1, 0.15) is 5.56 Å². The number of hydrogen-bond donors (Lipinski definition) is 1. The SMILES string of the molecule is Cc1c(N)ccc(F)c1Br. The van der Waals surface area contributed by atoms with Crippen molar-refractivity contribution in [2.45, 2.75) is 6.92 Å². The quantitative estimate of drug-likeness (QED) is 0.645. The van der Waals surface area contributed by atoms with Gasteiger partial charge in [-0.3, -0.25) is 0 Å². The molecule has 0 saturated heterocycles. The molecule has 0 unspecified atom stereocenters. The lowest BCUT2D eigenvalue weighted by Gasteiger charge is -2.01. The van der Waals surface area contributed by atoms with Crippen LogP contribution in [0.15, 0.2) is 16.6 Å². The Hall–Kier alpha value is -0.570. The summed E-state index contributed by atoms with van der Waals surface area (Å²) in [6.45, 7) is 1.77. The highest BCUT2D eigenvalue weighted by Gasteiger charge is 2.03. The van der Waals surface area contributed by atoms with Gasteiger partial charge in [-0.05, 0) is 40.5 Å². The van der Waals surface area contributed by atoms with Crippen molar-refractivity contribution in [1.29, 1.82) is 0 Å². The molecule has 54 valence electrons. The molecule has 0 bridgehead atoms. The van der Waals surface area contributed by atoms with Crippen LogP contribution in [0.3, 0.4) is 0 Å². The molecule has 0 radical (unpaired) electrons. The van der Waals surface area contributed by atoms with E-state index in [4.69, 9.17) is 5.73 Å². The molecule has 0 spiro atoms. The lowest BCUT2D eigenvalue weighted by Crippen LogP contribution is -1.91. The predicted octanol–water partition coefficient (Wildman–Crippen LogP) is 2.48. The molecule has 1 aromatic rings. The molecular weight excluding hydrogens is 197 g/mol. The Morgan fingerprint density at radius 2 is 2.10 bits per heavy atom. The molecule has 1 aromatic carbocycles. The Morgan fingerprint density at radius 1 is 1.50 bits per heavy atom. The lowest BCUT2D eigenvalue weighted by molar-refractivity contribution is 0.620. The smallest absolute Gasteiger partial charge is 0.137 e. The first-order chi connectivity index (χ1) is 4.63. The molecule has 0 fully saturated rings. The molecule has 0 atom stereocenters. The fraction of sp³-hybridized carbons (Fsp3) is 0.143. The molecule has 0 aliphatic heterocycles. The maximum absolute atomic E-state index is 12.7. The van der Waals surface area contributed by atoms with E-state index in [1.807, 2.05) is 0 Å². The zero-order valence-corrected chi connectivity index (χ0v) is 7.07. The second-order valence-electron chi connectivity index (χ2n) is 2.08. The number of rotatable bonds is 0. The number of nitrogens with two attached hydrogens (primary N) is 1. The van der Waals surface area contributed by atoms with Gasteiger partial charge >= 0.3 is 0 Å². The summed E-state index contributed by atoms with van der Waals surface area (Å²) in [6, 6.07) is 2.89. The minimum absolute atomic E-state index is 0.272. The van der Waals surface area contributed by atoms with Gasteiger partial charge in [0.1, 0.15) is 5.82 Å². The van der Waals surface area contributed by atoms with Crippen LogP contribution in [-0.2, 0) is 0 Å². The lowest BCUT2D eigenvalue weighted by atomic mass is 10.2.